The molecule has 5 rings (SSSR count). The molecule has 2 aliphatic heterocycles. The fourth-order valence-electron chi connectivity index (χ4n) is 5.05. The second-order valence-electron chi connectivity index (χ2n) is 8.69. The van der Waals surface area contributed by atoms with Crippen LogP contribution in [0.1, 0.15) is 42.9 Å². The van der Waals surface area contributed by atoms with Crippen LogP contribution >= 0.6 is 0 Å². The van der Waals surface area contributed by atoms with Crippen LogP contribution in [-0.2, 0) is 17.8 Å². The molecule has 1 fully saturated rings. The number of hydrogen-bond donors (Lipinski definition) is 1. The Morgan fingerprint density at radius 2 is 2.06 bits per heavy atom. The van der Waals surface area contributed by atoms with E-state index in [-0.39, 0.29) is 17.4 Å². The first kappa shape index (κ1) is 19.7. The molecule has 0 aliphatic carbocycles. The van der Waals surface area contributed by atoms with Crippen LogP contribution in [0.25, 0.3) is 11.4 Å². The average molecular weight is 418 g/mol. The summed E-state index contributed by atoms with van der Waals surface area (Å²) in [5, 5.41) is 0. The number of rotatable bonds is 6. The van der Waals surface area contributed by atoms with E-state index in [4.69, 9.17) is 0 Å². The van der Waals surface area contributed by atoms with E-state index in [1.54, 1.807) is 18.6 Å². The fourth-order valence-corrected chi connectivity index (χ4v) is 5.05. The number of likely N-dealkylation sites (tertiary alicyclic amines) is 1. The van der Waals surface area contributed by atoms with Crippen LogP contribution in [0, 0.1) is 5.92 Å². The number of pyridine rings is 2. The molecule has 3 aromatic heterocycles. The molecule has 160 valence electrons. The van der Waals surface area contributed by atoms with E-state index in [1.807, 2.05) is 33.9 Å². The van der Waals surface area contributed by atoms with Gasteiger partial charge in [-0.25, -0.2) is 4.98 Å². The highest BCUT2D eigenvalue weighted by atomic mass is 16.2. The van der Waals surface area contributed by atoms with Crippen LogP contribution in [0.2, 0.25) is 0 Å². The maximum Gasteiger partial charge on any atom is 0.261 e. The third kappa shape index (κ3) is 4.04. The number of aryl methyl sites for hydroxylation is 1. The molecule has 7 nitrogen and oxygen atoms in total. The molecule has 2 bridgehead atoms. The molecule has 3 aromatic rings. The average Bonchev–Trinajstić information content (AvgIpc) is 3.32. The summed E-state index contributed by atoms with van der Waals surface area (Å²) >= 11 is 0. The molecule has 0 unspecified atom stereocenters. The zero-order valence-electron chi connectivity index (χ0n) is 17.5. The van der Waals surface area contributed by atoms with Gasteiger partial charge in [0, 0.05) is 62.5 Å². The molecule has 5 heterocycles. The van der Waals surface area contributed by atoms with Gasteiger partial charge in [-0.15, -0.1) is 0 Å². The number of nitrogens with one attached hydrogen (secondary N) is 1. The summed E-state index contributed by atoms with van der Waals surface area (Å²) in [5.41, 5.74) is 2.89. The van der Waals surface area contributed by atoms with Crippen LogP contribution < -0.4 is 5.56 Å². The summed E-state index contributed by atoms with van der Waals surface area (Å²) in [6, 6.07) is 7.94. The number of fused-ring (bicyclic) bond motifs is 4. The van der Waals surface area contributed by atoms with Gasteiger partial charge in [0.1, 0.15) is 5.82 Å². The molecular weight excluding hydrogens is 390 g/mol. The van der Waals surface area contributed by atoms with Crippen molar-refractivity contribution in [1.82, 2.24) is 24.4 Å². The van der Waals surface area contributed by atoms with Crippen molar-refractivity contribution < 1.29 is 4.79 Å². The number of aromatic amines is 1. The molecule has 0 aromatic carbocycles. The van der Waals surface area contributed by atoms with E-state index in [1.165, 1.54) is 5.56 Å². The standard InChI is InChI=1S/C24H27N5O2/c30-22(6-2-1-4-17-5-3-9-25-13-17)28-14-18-12-19(16-28)21-8-7-20(23-26-10-11-27-23)24(31)29(21)15-18/h3,5,7-11,13,18-19H,1-2,4,6,12,14-16H2,(H,26,27)/t18-,19+/m0/s1. The van der Waals surface area contributed by atoms with Crippen molar-refractivity contribution >= 4 is 5.91 Å². The van der Waals surface area contributed by atoms with E-state index in [0.29, 0.717) is 36.8 Å². The second-order valence-corrected chi connectivity index (χ2v) is 8.69. The summed E-state index contributed by atoms with van der Waals surface area (Å²) in [6.07, 6.45) is 11.5. The molecule has 2 aliphatic rings. The molecule has 7 heteroatoms. The lowest BCUT2D eigenvalue weighted by Crippen LogP contribution is -2.49. The molecule has 2 atom stereocenters. The molecule has 0 radical (unpaired) electrons. The van der Waals surface area contributed by atoms with Gasteiger partial charge in [-0.05, 0) is 55.4 Å². The lowest BCUT2D eigenvalue weighted by molar-refractivity contribution is -0.134. The molecule has 0 spiro atoms. The molecule has 0 saturated carbocycles. The Labute approximate surface area is 181 Å². The molecule has 31 heavy (non-hydrogen) atoms. The predicted octanol–water partition coefficient (Wildman–Crippen LogP) is 2.99. The molecular formula is C24H27N5O2. The summed E-state index contributed by atoms with van der Waals surface area (Å²) in [5.74, 6) is 1.41. The largest absolute Gasteiger partial charge is 0.344 e. The first-order chi connectivity index (χ1) is 15.2. The number of piperidine rings is 1. The third-order valence-corrected chi connectivity index (χ3v) is 6.54. The number of imidazole rings is 1. The van der Waals surface area contributed by atoms with Gasteiger partial charge in [-0.3, -0.25) is 14.6 Å². The quantitative estimate of drug-likeness (QED) is 0.625. The highest BCUT2D eigenvalue weighted by Crippen LogP contribution is 2.36. The van der Waals surface area contributed by atoms with Gasteiger partial charge in [0.25, 0.3) is 5.56 Å². The number of unbranched alkanes of at least 4 members (excludes halogenated alkanes) is 1. The number of H-pyrrole nitrogens is 1. The van der Waals surface area contributed by atoms with Gasteiger partial charge < -0.3 is 14.5 Å². The van der Waals surface area contributed by atoms with Gasteiger partial charge in [0.05, 0.1) is 5.56 Å². The molecule has 1 saturated heterocycles. The van der Waals surface area contributed by atoms with Gasteiger partial charge >= 0.3 is 0 Å². The van der Waals surface area contributed by atoms with Crippen LogP contribution in [0.5, 0.6) is 0 Å². The van der Waals surface area contributed by atoms with Crippen molar-refractivity contribution in [2.24, 2.45) is 5.92 Å². The first-order valence-electron chi connectivity index (χ1n) is 11.1. The number of nitrogens with zero attached hydrogens (tertiary/aromatic N) is 4. The van der Waals surface area contributed by atoms with Gasteiger partial charge in [-0.2, -0.15) is 0 Å². The topological polar surface area (TPSA) is 83.9 Å². The number of aromatic nitrogens is 4. The minimum atomic E-state index is 0.0114. The monoisotopic (exact) mass is 417 g/mol. The first-order valence-corrected chi connectivity index (χ1v) is 11.1. The van der Waals surface area contributed by atoms with Gasteiger partial charge in [0.2, 0.25) is 5.91 Å². The minimum absolute atomic E-state index is 0.0114. The Kier molecular flexibility index (Phi) is 5.40. The number of amides is 1. The summed E-state index contributed by atoms with van der Waals surface area (Å²) < 4.78 is 1.91. The fraction of sp³-hybridized carbons (Fsp3) is 0.417. The Morgan fingerprint density at radius 3 is 2.87 bits per heavy atom. The smallest absolute Gasteiger partial charge is 0.261 e. The number of carbonyl (C=O) groups excluding carboxylic acids is 1. The van der Waals surface area contributed by atoms with Crippen molar-refractivity contribution in [1.29, 1.82) is 0 Å². The van der Waals surface area contributed by atoms with E-state index >= 15 is 0 Å². The normalized spacial score (nSPS) is 19.8. The highest BCUT2D eigenvalue weighted by molar-refractivity contribution is 5.76. The maximum atomic E-state index is 13.1. The molecule has 1 N–H and O–H groups in total. The summed E-state index contributed by atoms with van der Waals surface area (Å²) in [7, 11) is 0. The Bertz CT molecular complexity index is 1110. The zero-order valence-corrected chi connectivity index (χ0v) is 17.5. The number of carbonyl (C=O) groups is 1. The van der Waals surface area contributed by atoms with Crippen LogP contribution in [0.3, 0.4) is 0 Å². The van der Waals surface area contributed by atoms with E-state index in [2.05, 4.69) is 21.0 Å². The Balaban J connectivity index is 1.23. The lowest BCUT2D eigenvalue weighted by atomic mass is 9.82. The SMILES string of the molecule is O=C(CCCCc1cccnc1)N1C[C@@H]2C[C@H](C1)c1ccc(-c3ncc[nH]3)c(=O)n1C2. The highest BCUT2D eigenvalue weighted by Gasteiger charge is 2.36. The Hall–Kier alpha value is -3.22. The second kappa shape index (κ2) is 8.49. The van der Waals surface area contributed by atoms with Crippen LogP contribution in [-0.4, -0.2) is 43.4 Å². The van der Waals surface area contributed by atoms with Gasteiger partial charge in [0.15, 0.2) is 0 Å². The minimum Gasteiger partial charge on any atom is -0.344 e. The number of hydrogen-bond acceptors (Lipinski definition) is 4. The van der Waals surface area contributed by atoms with Crippen molar-refractivity contribution in [3.8, 4) is 11.4 Å². The van der Waals surface area contributed by atoms with E-state index in [9.17, 15) is 9.59 Å². The van der Waals surface area contributed by atoms with Gasteiger partial charge in [-0.1, -0.05) is 6.07 Å². The zero-order chi connectivity index (χ0) is 21.2. The van der Waals surface area contributed by atoms with Crippen molar-refractivity contribution in [2.75, 3.05) is 13.1 Å². The van der Waals surface area contributed by atoms with Crippen molar-refractivity contribution in [3.63, 3.8) is 0 Å². The predicted molar refractivity (Wildman–Crippen MR) is 118 cm³/mol. The van der Waals surface area contributed by atoms with Crippen molar-refractivity contribution in [3.05, 3.63) is 70.7 Å². The summed E-state index contributed by atoms with van der Waals surface area (Å²) in [4.78, 5) is 39.4. The summed E-state index contributed by atoms with van der Waals surface area (Å²) in [6.45, 7) is 2.12. The molecule has 1 amide bonds. The van der Waals surface area contributed by atoms with Crippen molar-refractivity contribution in [2.45, 2.75) is 44.6 Å². The Morgan fingerprint density at radius 1 is 1.13 bits per heavy atom. The van der Waals surface area contributed by atoms with Crippen LogP contribution in [0.15, 0.2) is 53.8 Å². The van der Waals surface area contributed by atoms with E-state index in [0.717, 1.165) is 37.9 Å². The lowest BCUT2D eigenvalue weighted by Gasteiger charge is -2.43. The van der Waals surface area contributed by atoms with Crippen LogP contribution in [0.4, 0.5) is 0 Å². The maximum absolute atomic E-state index is 13.1. The van der Waals surface area contributed by atoms with E-state index < -0.39 is 0 Å². The third-order valence-electron chi connectivity index (χ3n) is 6.54.